The molecule has 4 aliphatic rings. The van der Waals surface area contributed by atoms with Crippen LogP contribution in [0.25, 0.3) is 0 Å². The highest BCUT2D eigenvalue weighted by molar-refractivity contribution is 5.74. The molecule has 3 N–H and O–H groups in total. The Morgan fingerprint density at radius 2 is 1.88 bits per heavy atom. The summed E-state index contributed by atoms with van der Waals surface area (Å²) in [5, 5.41) is 10.7. The fraction of sp³-hybridized carbons (Fsp3) is 0.963. The van der Waals surface area contributed by atoms with Crippen LogP contribution in [0.15, 0.2) is 0 Å². The van der Waals surface area contributed by atoms with Gasteiger partial charge in [-0.15, -0.1) is 0 Å². The van der Waals surface area contributed by atoms with Crippen molar-refractivity contribution >= 4 is 5.97 Å². The molecule has 0 aromatic heterocycles. The van der Waals surface area contributed by atoms with Crippen molar-refractivity contribution in [3.05, 3.63) is 0 Å². The number of carbonyl (C=O) groups excluding carboxylic acids is 1. The van der Waals surface area contributed by atoms with Crippen molar-refractivity contribution in [2.75, 3.05) is 13.2 Å². The first-order valence-electron chi connectivity index (χ1n) is 13.3. The molecule has 32 heavy (non-hydrogen) atoms. The number of hydrogen-bond acceptors (Lipinski definition) is 5. The average molecular weight is 450 g/mol. The molecule has 5 nitrogen and oxygen atoms in total. The Hall–Kier alpha value is -0.650. The molecule has 0 saturated heterocycles. The first kappa shape index (κ1) is 24.5. The van der Waals surface area contributed by atoms with Gasteiger partial charge in [-0.2, -0.15) is 0 Å². The monoisotopic (exact) mass is 449 g/mol. The number of ether oxygens (including phenoxy) is 2. The van der Waals surface area contributed by atoms with Crippen LogP contribution >= 0.6 is 0 Å². The molecule has 0 aromatic carbocycles. The molecule has 0 heterocycles. The quantitative estimate of drug-likeness (QED) is 0.582. The molecular weight excluding hydrogens is 402 g/mol. The van der Waals surface area contributed by atoms with Crippen LogP contribution in [-0.4, -0.2) is 42.5 Å². The predicted molar refractivity (Wildman–Crippen MR) is 126 cm³/mol. The predicted octanol–water partition coefficient (Wildman–Crippen LogP) is 4.55. The lowest BCUT2D eigenvalue weighted by molar-refractivity contribution is -0.180. The molecule has 4 rings (SSSR count). The van der Waals surface area contributed by atoms with Gasteiger partial charge in [-0.3, -0.25) is 4.79 Å². The maximum absolute atomic E-state index is 13.1. The molecule has 0 unspecified atom stereocenters. The van der Waals surface area contributed by atoms with Gasteiger partial charge in [-0.25, -0.2) is 0 Å². The third-order valence-electron chi connectivity index (χ3n) is 10.3. The Morgan fingerprint density at radius 1 is 1.12 bits per heavy atom. The van der Waals surface area contributed by atoms with Crippen molar-refractivity contribution in [3.63, 3.8) is 0 Å². The van der Waals surface area contributed by atoms with E-state index in [9.17, 15) is 9.90 Å². The van der Waals surface area contributed by atoms with Crippen LogP contribution in [0, 0.1) is 46.3 Å². The first-order chi connectivity index (χ1) is 15.1. The minimum absolute atomic E-state index is 0.0124. The smallest absolute Gasteiger partial charge is 0.309 e. The summed E-state index contributed by atoms with van der Waals surface area (Å²) in [6.07, 6.45) is 7.55. The van der Waals surface area contributed by atoms with Crippen LogP contribution in [0.4, 0.5) is 0 Å². The van der Waals surface area contributed by atoms with E-state index in [0.29, 0.717) is 42.8 Å². The summed E-state index contributed by atoms with van der Waals surface area (Å²) in [4.78, 5) is 13.1. The van der Waals surface area contributed by atoms with Gasteiger partial charge in [0.15, 0.2) is 0 Å². The summed E-state index contributed by atoms with van der Waals surface area (Å²) in [6.45, 7) is 12.3. The second-order valence-electron chi connectivity index (χ2n) is 12.4. The zero-order chi connectivity index (χ0) is 23.3. The minimum atomic E-state index is -0.355. The number of fused-ring (bicyclic) bond motifs is 5. The molecule has 4 saturated carbocycles. The van der Waals surface area contributed by atoms with Crippen LogP contribution < -0.4 is 5.73 Å². The molecule has 0 radical (unpaired) electrons. The molecule has 0 aromatic rings. The van der Waals surface area contributed by atoms with Gasteiger partial charge in [0.25, 0.3) is 0 Å². The summed E-state index contributed by atoms with van der Waals surface area (Å²) >= 11 is 0. The van der Waals surface area contributed by atoms with Crippen molar-refractivity contribution in [3.8, 4) is 0 Å². The molecule has 0 aliphatic heterocycles. The van der Waals surface area contributed by atoms with Gasteiger partial charge in [-0.1, -0.05) is 27.7 Å². The largest absolute Gasteiger partial charge is 0.465 e. The second-order valence-corrected chi connectivity index (χ2v) is 12.4. The number of hydrogen-bond donors (Lipinski definition) is 2. The first-order valence-corrected chi connectivity index (χ1v) is 13.3. The van der Waals surface area contributed by atoms with Crippen molar-refractivity contribution in [1.82, 2.24) is 0 Å². The molecule has 184 valence electrons. The van der Waals surface area contributed by atoms with E-state index in [1.165, 1.54) is 6.42 Å². The summed E-state index contributed by atoms with van der Waals surface area (Å²) in [6, 6.07) is 0.0932. The highest BCUT2D eigenvalue weighted by Gasteiger charge is 2.64. The summed E-state index contributed by atoms with van der Waals surface area (Å²) in [7, 11) is 0. The van der Waals surface area contributed by atoms with E-state index in [-0.39, 0.29) is 41.0 Å². The highest BCUT2D eigenvalue weighted by Crippen LogP contribution is 2.67. The molecule has 0 amide bonds. The minimum Gasteiger partial charge on any atom is -0.465 e. The van der Waals surface area contributed by atoms with E-state index in [1.54, 1.807) is 0 Å². The second kappa shape index (κ2) is 9.19. The lowest BCUT2D eigenvalue weighted by Gasteiger charge is -2.63. The maximum atomic E-state index is 13.1. The van der Waals surface area contributed by atoms with Crippen LogP contribution in [-0.2, 0) is 14.3 Å². The zero-order valence-corrected chi connectivity index (χ0v) is 21.0. The number of carbonyl (C=O) groups is 1. The van der Waals surface area contributed by atoms with Gasteiger partial charge in [-0.05, 0) is 98.7 Å². The molecular formula is C27H47NO4. The fourth-order valence-corrected chi connectivity index (χ4v) is 8.79. The average Bonchev–Trinajstić information content (AvgIpc) is 3.05. The third kappa shape index (κ3) is 4.05. The number of aliphatic hydroxyl groups is 1. The van der Waals surface area contributed by atoms with E-state index >= 15 is 0 Å². The summed E-state index contributed by atoms with van der Waals surface area (Å²) < 4.78 is 11.7. The fourth-order valence-electron chi connectivity index (χ4n) is 8.79. The Kier molecular flexibility index (Phi) is 7.03. The van der Waals surface area contributed by atoms with Crippen LogP contribution in [0.3, 0.4) is 0 Å². The van der Waals surface area contributed by atoms with E-state index in [2.05, 4.69) is 27.7 Å². The molecule has 5 heteroatoms. The van der Waals surface area contributed by atoms with Crippen molar-refractivity contribution in [2.45, 2.75) is 104 Å². The Bertz CT molecular complexity index is 683. The Morgan fingerprint density at radius 3 is 2.56 bits per heavy atom. The van der Waals surface area contributed by atoms with Crippen molar-refractivity contribution < 1.29 is 19.4 Å². The normalized spacial score (nSPS) is 48.1. The summed E-state index contributed by atoms with van der Waals surface area (Å²) in [5.74, 6) is 2.62. The van der Waals surface area contributed by atoms with E-state index in [0.717, 1.165) is 44.9 Å². The lowest BCUT2D eigenvalue weighted by Crippen LogP contribution is -2.63. The van der Waals surface area contributed by atoms with Crippen molar-refractivity contribution in [2.24, 2.45) is 52.1 Å². The van der Waals surface area contributed by atoms with Gasteiger partial charge in [0.2, 0.25) is 0 Å². The highest BCUT2D eigenvalue weighted by atomic mass is 16.5. The van der Waals surface area contributed by atoms with E-state index < -0.39 is 0 Å². The zero-order valence-electron chi connectivity index (χ0n) is 21.0. The molecule has 0 spiro atoms. The lowest BCUT2D eigenvalue weighted by atomic mass is 9.43. The van der Waals surface area contributed by atoms with Crippen LogP contribution in [0.5, 0.6) is 0 Å². The van der Waals surface area contributed by atoms with E-state index in [4.69, 9.17) is 15.2 Å². The number of nitrogens with two attached hydrogens (primary N) is 1. The van der Waals surface area contributed by atoms with Gasteiger partial charge in [0.05, 0.1) is 24.7 Å². The standard InChI is InChI=1S/C27H47NO4/c1-6-31-23-15-26(4)17(13-22(23)29)7-8-18-19-9-10-20(25(30)32-12-11-16(2)3)27(19,5)14-21(28)24(18)26/h16-24,29H,6-15,28H2,1-5H3/t17-,18-,19-,20+,21+,22-,23-,24+,26-,27-/m0/s1. The number of aliphatic hydroxyl groups excluding tert-OH is 1. The summed E-state index contributed by atoms with van der Waals surface area (Å²) in [5.41, 5.74) is 7.08. The van der Waals surface area contributed by atoms with E-state index in [1.807, 2.05) is 6.92 Å². The molecule has 4 aliphatic carbocycles. The third-order valence-corrected chi connectivity index (χ3v) is 10.3. The number of rotatable bonds is 6. The van der Waals surface area contributed by atoms with Gasteiger partial charge in [0, 0.05) is 12.6 Å². The molecule has 4 fully saturated rings. The maximum Gasteiger partial charge on any atom is 0.309 e. The van der Waals surface area contributed by atoms with Gasteiger partial charge >= 0.3 is 5.97 Å². The topological polar surface area (TPSA) is 81.8 Å². The van der Waals surface area contributed by atoms with Crippen LogP contribution in [0.2, 0.25) is 0 Å². The van der Waals surface area contributed by atoms with Gasteiger partial charge in [0.1, 0.15) is 0 Å². The Labute approximate surface area is 195 Å². The number of esters is 1. The van der Waals surface area contributed by atoms with Crippen LogP contribution in [0.1, 0.15) is 86.0 Å². The SMILES string of the molecule is CCO[C@H]1C[C@@]2(C)[C@@H](CC[C@@H]3[C@@H]2[C@H](N)C[C@]2(C)[C@@H](C(=O)OCCC(C)C)CC[C@@H]32)C[C@@H]1O. The van der Waals surface area contributed by atoms with Crippen molar-refractivity contribution in [1.29, 1.82) is 0 Å². The molecule has 10 atom stereocenters. The molecule has 0 bridgehead atoms. The van der Waals surface area contributed by atoms with Gasteiger partial charge < -0.3 is 20.3 Å². The Balaban J connectivity index is 1.53.